The van der Waals surface area contributed by atoms with Crippen LogP contribution in [0.4, 0.5) is 0 Å². The second-order valence-electron chi connectivity index (χ2n) is 3.54. The highest BCUT2D eigenvalue weighted by Crippen LogP contribution is 2.18. The highest BCUT2D eigenvalue weighted by molar-refractivity contribution is 5.75. The quantitative estimate of drug-likeness (QED) is 0.618. The fourth-order valence-corrected chi connectivity index (χ4v) is 1.03. The maximum Gasteiger partial charge on any atom is 0.364 e. The van der Waals surface area contributed by atoms with Crippen LogP contribution in [0, 0.1) is 5.92 Å². The minimum Gasteiger partial charge on any atom is -0.477 e. The van der Waals surface area contributed by atoms with Gasteiger partial charge in [0.15, 0.2) is 0 Å². The standard InChI is InChI=1S/C9H18O4/c1-4-5-13-9(12,8(10)11)6-7(2)3/h7,12H,4-6H2,1-3H3,(H,10,11). The van der Waals surface area contributed by atoms with Crippen molar-refractivity contribution < 1.29 is 19.7 Å². The zero-order valence-corrected chi connectivity index (χ0v) is 8.41. The Balaban J connectivity index is 4.25. The number of rotatable bonds is 6. The lowest BCUT2D eigenvalue weighted by molar-refractivity contribution is -0.229. The van der Waals surface area contributed by atoms with Crippen LogP contribution in [0.2, 0.25) is 0 Å². The van der Waals surface area contributed by atoms with E-state index in [0.717, 1.165) is 0 Å². The first-order valence-electron chi connectivity index (χ1n) is 4.52. The first-order chi connectivity index (χ1) is 5.92. The SMILES string of the molecule is CCCOC(O)(CC(C)C)C(=O)O. The summed E-state index contributed by atoms with van der Waals surface area (Å²) < 4.78 is 4.91. The van der Waals surface area contributed by atoms with Crippen molar-refractivity contribution in [2.75, 3.05) is 6.61 Å². The minimum absolute atomic E-state index is 0.0814. The zero-order chi connectivity index (χ0) is 10.5. The highest BCUT2D eigenvalue weighted by atomic mass is 16.6. The first kappa shape index (κ1) is 12.4. The molecule has 0 amide bonds. The fourth-order valence-electron chi connectivity index (χ4n) is 1.03. The maximum absolute atomic E-state index is 10.7. The molecule has 0 aliphatic heterocycles. The van der Waals surface area contributed by atoms with Gasteiger partial charge in [-0.15, -0.1) is 0 Å². The third-order valence-corrected chi connectivity index (χ3v) is 1.56. The molecular formula is C9H18O4. The van der Waals surface area contributed by atoms with Gasteiger partial charge >= 0.3 is 5.97 Å². The number of hydrogen-bond acceptors (Lipinski definition) is 3. The summed E-state index contributed by atoms with van der Waals surface area (Å²) in [4.78, 5) is 10.7. The summed E-state index contributed by atoms with van der Waals surface area (Å²) in [5.41, 5.74) is 0. The molecule has 13 heavy (non-hydrogen) atoms. The summed E-state index contributed by atoms with van der Waals surface area (Å²) in [5, 5.41) is 18.3. The number of aliphatic hydroxyl groups is 1. The average Bonchev–Trinajstić information content (AvgIpc) is 1.99. The molecule has 0 saturated heterocycles. The van der Waals surface area contributed by atoms with E-state index in [0.29, 0.717) is 6.42 Å². The lowest BCUT2D eigenvalue weighted by Gasteiger charge is -2.25. The number of hydrogen-bond donors (Lipinski definition) is 2. The monoisotopic (exact) mass is 190 g/mol. The summed E-state index contributed by atoms with van der Waals surface area (Å²) in [6.07, 6.45) is 0.802. The molecule has 0 aliphatic rings. The van der Waals surface area contributed by atoms with Gasteiger partial charge in [0.2, 0.25) is 0 Å². The molecule has 4 heteroatoms. The van der Waals surface area contributed by atoms with E-state index in [9.17, 15) is 9.90 Å². The van der Waals surface area contributed by atoms with Crippen LogP contribution < -0.4 is 0 Å². The third-order valence-electron chi connectivity index (χ3n) is 1.56. The van der Waals surface area contributed by atoms with Crippen molar-refractivity contribution in [1.29, 1.82) is 0 Å². The molecule has 0 bridgehead atoms. The Kier molecular flexibility index (Phi) is 4.95. The summed E-state index contributed by atoms with van der Waals surface area (Å²) in [6, 6.07) is 0. The van der Waals surface area contributed by atoms with Crippen LogP contribution >= 0.6 is 0 Å². The molecule has 78 valence electrons. The summed E-state index contributed by atoms with van der Waals surface area (Å²) >= 11 is 0. The molecule has 2 N–H and O–H groups in total. The van der Waals surface area contributed by atoms with Crippen LogP contribution in [0.5, 0.6) is 0 Å². The molecule has 0 aromatic heterocycles. The molecule has 1 unspecified atom stereocenters. The van der Waals surface area contributed by atoms with E-state index in [-0.39, 0.29) is 18.9 Å². The van der Waals surface area contributed by atoms with Gasteiger partial charge in [-0.2, -0.15) is 0 Å². The Morgan fingerprint density at radius 3 is 2.38 bits per heavy atom. The van der Waals surface area contributed by atoms with Crippen molar-refractivity contribution in [2.45, 2.75) is 39.4 Å². The molecule has 0 heterocycles. The predicted octanol–water partition coefficient (Wildman–Crippen LogP) is 1.23. The van der Waals surface area contributed by atoms with Crippen molar-refractivity contribution in [1.82, 2.24) is 0 Å². The van der Waals surface area contributed by atoms with Gasteiger partial charge in [-0.1, -0.05) is 20.8 Å². The van der Waals surface area contributed by atoms with Gasteiger partial charge in [0, 0.05) is 6.42 Å². The molecule has 1 atom stereocenters. The van der Waals surface area contributed by atoms with E-state index in [2.05, 4.69) is 0 Å². The van der Waals surface area contributed by atoms with Crippen molar-refractivity contribution >= 4 is 5.97 Å². The summed E-state index contributed by atoms with van der Waals surface area (Å²) in [5.74, 6) is -3.24. The van der Waals surface area contributed by atoms with Crippen LogP contribution in [0.1, 0.15) is 33.6 Å². The number of carbonyl (C=O) groups is 1. The lowest BCUT2D eigenvalue weighted by Crippen LogP contribution is -2.42. The smallest absolute Gasteiger partial charge is 0.364 e. The predicted molar refractivity (Wildman–Crippen MR) is 48.3 cm³/mol. The molecular weight excluding hydrogens is 172 g/mol. The molecule has 0 fully saturated rings. The molecule has 0 aromatic rings. The van der Waals surface area contributed by atoms with E-state index in [1.807, 2.05) is 20.8 Å². The van der Waals surface area contributed by atoms with Gasteiger partial charge in [0.05, 0.1) is 6.61 Å². The first-order valence-corrected chi connectivity index (χ1v) is 4.52. The van der Waals surface area contributed by atoms with Crippen molar-refractivity contribution in [3.8, 4) is 0 Å². The molecule has 0 rings (SSSR count). The second kappa shape index (κ2) is 5.19. The Labute approximate surface area is 78.5 Å². The van der Waals surface area contributed by atoms with Crippen LogP contribution in [0.25, 0.3) is 0 Å². The highest BCUT2D eigenvalue weighted by Gasteiger charge is 2.37. The van der Waals surface area contributed by atoms with Gasteiger partial charge in [0.25, 0.3) is 5.79 Å². The van der Waals surface area contributed by atoms with Gasteiger partial charge in [0.1, 0.15) is 0 Å². The van der Waals surface area contributed by atoms with Crippen molar-refractivity contribution in [2.24, 2.45) is 5.92 Å². The number of ether oxygens (including phenoxy) is 1. The van der Waals surface area contributed by atoms with Gasteiger partial charge in [-0.05, 0) is 12.3 Å². The number of aliphatic carboxylic acids is 1. The molecule has 0 spiro atoms. The molecule has 0 radical (unpaired) electrons. The molecule has 0 saturated carbocycles. The Bertz CT molecular complexity index is 167. The van der Waals surface area contributed by atoms with E-state index < -0.39 is 11.8 Å². The average molecular weight is 190 g/mol. The zero-order valence-electron chi connectivity index (χ0n) is 8.41. The summed E-state index contributed by atoms with van der Waals surface area (Å²) in [6.45, 7) is 5.79. The number of carboxylic acid groups (broad SMARTS) is 1. The van der Waals surface area contributed by atoms with Gasteiger partial charge in [-0.25, -0.2) is 4.79 Å². The topological polar surface area (TPSA) is 66.8 Å². The lowest BCUT2D eigenvalue weighted by atomic mass is 10.0. The van der Waals surface area contributed by atoms with Gasteiger partial charge in [-0.3, -0.25) is 0 Å². The van der Waals surface area contributed by atoms with Crippen molar-refractivity contribution in [3.05, 3.63) is 0 Å². The Morgan fingerprint density at radius 1 is 1.54 bits per heavy atom. The molecule has 0 aromatic carbocycles. The maximum atomic E-state index is 10.7. The third kappa shape index (κ3) is 4.24. The van der Waals surface area contributed by atoms with E-state index in [1.165, 1.54) is 0 Å². The van der Waals surface area contributed by atoms with Crippen LogP contribution in [0.15, 0.2) is 0 Å². The normalized spacial score (nSPS) is 15.8. The van der Waals surface area contributed by atoms with E-state index >= 15 is 0 Å². The Morgan fingerprint density at radius 2 is 2.08 bits per heavy atom. The minimum atomic E-state index is -2.01. The number of carboxylic acids is 1. The summed E-state index contributed by atoms with van der Waals surface area (Å²) in [7, 11) is 0. The Hall–Kier alpha value is -0.610. The van der Waals surface area contributed by atoms with Crippen molar-refractivity contribution in [3.63, 3.8) is 0 Å². The van der Waals surface area contributed by atoms with Gasteiger partial charge < -0.3 is 14.9 Å². The largest absolute Gasteiger partial charge is 0.477 e. The van der Waals surface area contributed by atoms with E-state index in [1.54, 1.807) is 0 Å². The van der Waals surface area contributed by atoms with Crippen LogP contribution in [-0.2, 0) is 9.53 Å². The van der Waals surface area contributed by atoms with Crippen LogP contribution in [0.3, 0.4) is 0 Å². The molecule has 0 aliphatic carbocycles. The second-order valence-corrected chi connectivity index (χ2v) is 3.54. The molecule has 4 nitrogen and oxygen atoms in total. The fraction of sp³-hybridized carbons (Fsp3) is 0.889. The van der Waals surface area contributed by atoms with Crippen LogP contribution in [-0.4, -0.2) is 28.6 Å². The van der Waals surface area contributed by atoms with E-state index in [4.69, 9.17) is 9.84 Å².